The number of fused-ring (bicyclic) bond motifs is 1. The van der Waals surface area contributed by atoms with Crippen molar-refractivity contribution in [2.45, 2.75) is 39.7 Å². The highest BCUT2D eigenvalue weighted by Gasteiger charge is 2.28. The minimum Gasteiger partial charge on any atom is -0.450 e. The molecule has 0 bridgehead atoms. The first-order chi connectivity index (χ1) is 11.1. The predicted molar refractivity (Wildman–Crippen MR) is 86.7 cm³/mol. The van der Waals surface area contributed by atoms with E-state index < -0.39 is 0 Å². The van der Waals surface area contributed by atoms with E-state index in [-0.39, 0.29) is 5.91 Å². The molecule has 1 aromatic carbocycles. The van der Waals surface area contributed by atoms with E-state index in [4.69, 9.17) is 4.42 Å². The fourth-order valence-corrected chi connectivity index (χ4v) is 3.00. The van der Waals surface area contributed by atoms with Gasteiger partial charge in [0.05, 0.1) is 0 Å². The fraction of sp³-hybridized carbons (Fsp3) is 0.353. The molecule has 1 amide bonds. The van der Waals surface area contributed by atoms with Gasteiger partial charge in [0.15, 0.2) is 5.76 Å². The topological polar surface area (TPSA) is 73.0 Å². The van der Waals surface area contributed by atoms with Crippen LogP contribution in [0.5, 0.6) is 0 Å². The maximum absolute atomic E-state index is 12.6. The normalized spacial score (nSPS) is 14.4. The number of anilines is 1. The number of hydrogen-bond acceptors (Lipinski definition) is 4. The van der Waals surface area contributed by atoms with Crippen LogP contribution in [0.3, 0.4) is 0 Å². The molecule has 1 N–H and O–H groups in total. The Kier molecular flexibility index (Phi) is 3.01. The maximum atomic E-state index is 12.6. The molecule has 118 valence electrons. The molecular formula is C17H18N4O2. The first-order valence-electron chi connectivity index (χ1n) is 7.76. The quantitative estimate of drug-likeness (QED) is 0.803. The molecule has 2 aromatic heterocycles. The number of benzene rings is 1. The number of aromatic nitrogens is 3. The van der Waals surface area contributed by atoms with Crippen LogP contribution in [-0.4, -0.2) is 20.7 Å². The number of nitrogens with one attached hydrogen (secondary N) is 1. The van der Waals surface area contributed by atoms with Crippen LogP contribution in [0.15, 0.2) is 22.9 Å². The Hall–Kier alpha value is -2.63. The highest BCUT2D eigenvalue weighted by molar-refractivity contribution is 6.06. The predicted octanol–water partition coefficient (Wildman–Crippen LogP) is 3.54. The third kappa shape index (κ3) is 2.21. The Morgan fingerprint density at radius 3 is 2.70 bits per heavy atom. The number of hydrogen-bond donors (Lipinski definition) is 1. The second-order valence-corrected chi connectivity index (χ2v) is 6.21. The Morgan fingerprint density at radius 1 is 1.26 bits per heavy atom. The van der Waals surface area contributed by atoms with Gasteiger partial charge >= 0.3 is 0 Å². The molecule has 0 radical (unpaired) electrons. The molecule has 1 saturated carbocycles. The summed E-state index contributed by atoms with van der Waals surface area (Å²) in [7, 11) is 0. The van der Waals surface area contributed by atoms with Crippen LogP contribution in [0.1, 0.15) is 46.1 Å². The number of carbonyl (C=O) groups is 1. The van der Waals surface area contributed by atoms with Crippen molar-refractivity contribution >= 4 is 22.8 Å². The minimum absolute atomic E-state index is 0.285. The van der Waals surface area contributed by atoms with E-state index in [1.165, 1.54) is 0 Å². The Balaban J connectivity index is 1.72. The Morgan fingerprint density at radius 2 is 2.00 bits per heavy atom. The number of furan rings is 1. The number of aryl methyl sites for hydroxylation is 3. The zero-order valence-electron chi connectivity index (χ0n) is 13.4. The molecule has 0 aliphatic heterocycles. The average molecular weight is 310 g/mol. The van der Waals surface area contributed by atoms with Crippen LogP contribution in [0.2, 0.25) is 0 Å². The fourth-order valence-electron chi connectivity index (χ4n) is 3.00. The van der Waals surface area contributed by atoms with Gasteiger partial charge < -0.3 is 4.42 Å². The third-order valence-electron chi connectivity index (χ3n) is 4.43. The second kappa shape index (κ2) is 4.94. The molecule has 1 aliphatic rings. The molecule has 0 saturated heterocycles. The minimum atomic E-state index is -0.285. The van der Waals surface area contributed by atoms with Crippen molar-refractivity contribution in [3.8, 4) is 0 Å². The highest BCUT2D eigenvalue weighted by Crippen LogP contribution is 2.36. The molecule has 2 heterocycles. The summed E-state index contributed by atoms with van der Waals surface area (Å²) >= 11 is 0. The molecule has 1 fully saturated rings. The summed E-state index contributed by atoms with van der Waals surface area (Å²) in [6.45, 7) is 5.92. The number of nitrogens with zero attached hydrogens (tertiary/aromatic N) is 3. The van der Waals surface area contributed by atoms with Crippen molar-refractivity contribution in [3.63, 3.8) is 0 Å². The molecule has 6 heteroatoms. The average Bonchev–Trinajstić information content (AvgIpc) is 3.16. The molecule has 0 unspecified atom stereocenters. The van der Waals surface area contributed by atoms with Crippen LogP contribution >= 0.6 is 0 Å². The Bertz CT molecular complexity index is 918. The summed E-state index contributed by atoms with van der Waals surface area (Å²) in [5.41, 5.74) is 3.76. The lowest BCUT2D eigenvalue weighted by Gasteiger charge is -2.05. The Labute approximate surface area is 133 Å². The van der Waals surface area contributed by atoms with Crippen LogP contribution < -0.4 is 5.32 Å². The van der Waals surface area contributed by atoms with Crippen molar-refractivity contribution in [1.82, 2.24) is 14.8 Å². The summed E-state index contributed by atoms with van der Waals surface area (Å²) in [5, 5.41) is 11.7. The SMILES string of the molecule is Cc1ccc(C)c2c(C)c(C(=O)Nc3nncn3C3CC3)oc12. The second-order valence-electron chi connectivity index (χ2n) is 6.21. The summed E-state index contributed by atoms with van der Waals surface area (Å²) in [5.74, 6) is 0.529. The zero-order valence-corrected chi connectivity index (χ0v) is 13.4. The van der Waals surface area contributed by atoms with Gasteiger partial charge in [-0.1, -0.05) is 12.1 Å². The van der Waals surface area contributed by atoms with Gasteiger partial charge in [0, 0.05) is 17.0 Å². The van der Waals surface area contributed by atoms with Crippen LogP contribution in [0, 0.1) is 20.8 Å². The summed E-state index contributed by atoms with van der Waals surface area (Å²) in [6, 6.07) is 4.46. The largest absolute Gasteiger partial charge is 0.450 e. The van der Waals surface area contributed by atoms with Crippen molar-refractivity contribution < 1.29 is 9.21 Å². The van der Waals surface area contributed by atoms with Crippen LogP contribution in [-0.2, 0) is 0 Å². The number of amides is 1. The van der Waals surface area contributed by atoms with Crippen molar-refractivity contribution in [3.05, 3.63) is 40.9 Å². The van der Waals surface area contributed by atoms with Crippen molar-refractivity contribution in [2.75, 3.05) is 5.32 Å². The van der Waals surface area contributed by atoms with Gasteiger partial charge in [0.2, 0.25) is 5.95 Å². The monoisotopic (exact) mass is 310 g/mol. The molecule has 0 spiro atoms. The van der Waals surface area contributed by atoms with Gasteiger partial charge in [-0.25, -0.2) is 0 Å². The summed E-state index contributed by atoms with van der Waals surface area (Å²) in [6.07, 6.45) is 3.86. The molecular weight excluding hydrogens is 292 g/mol. The standard InChI is InChI=1S/C17H18N4O2/c1-9-4-5-10(2)14-13(9)11(3)15(23-14)16(22)19-17-20-18-8-21(17)12-6-7-12/h4-5,8,12H,6-7H2,1-3H3,(H,19,20,22). The molecule has 1 aliphatic carbocycles. The van der Waals surface area contributed by atoms with Gasteiger partial charge in [-0.05, 0) is 44.7 Å². The number of carbonyl (C=O) groups excluding carboxylic acids is 1. The third-order valence-corrected chi connectivity index (χ3v) is 4.43. The molecule has 23 heavy (non-hydrogen) atoms. The van der Waals surface area contributed by atoms with E-state index in [1.54, 1.807) is 6.33 Å². The van der Waals surface area contributed by atoms with Gasteiger partial charge in [-0.15, -0.1) is 10.2 Å². The van der Waals surface area contributed by atoms with Gasteiger partial charge in [0.1, 0.15) is 11.9 Å². The lowest BCUT2D eigenvalue weighted by Crippen LogP contribution is -2.15. The summed E-state index contributed by atoms with van der Waals surface area (Å²) < 4.78 is 7.78. The lowest BCUT2D eigenvalue weighted by molar-refractivity contribution is 0.0996. The van der Waals surface area contributed by atoms with Gasteiger partial charge in [-0.2, -0.15) is 0 Å². The highest BCUT2D eigenvalue weighted by atomic mass is 16.3. The van der Waals surface area contributed by atoms with Crippen molar-refractivity contribution in [1.29, 1.82) is 0 Å². The van der Waals surface area contributed by atoms with E-state index in [9.17, 15) is 4.79 Å². The van der Waals surface area contributed by atoms with E-state index >= 15 is 0 Å². The van der Waals surface area contributed by atoms with E-state index in [1.807, 2.05) is 37.5 Å². The van der Waals surface area contributed by atoms with Crippen molar-refractivity contribution in [2.24, 2.45) is 0 Å². The molecule has 4 rings (SSSR count). The first-order valence-corrected chi connectivity index (χ1v) is 7.76. The van der Waals surface area contributed by atoms with E-state index in [0.717, 1.165) is 40.5 Å². The lowest BCUT2D eigenvalue weighted by atomic mass is 10.0. The smallest absolute Gasteiger partial charge is 0.294 e. The van der Waals surface area contributed by atoms with E-state index in [0.29, 0.717) is 17.8 Å². The van der Waals surface area contributed by atoms with Gasteiger partial charge in [-0.3, -0.25) is 14.7 Å². The van der Waals surface area contributed by atoms with E-state index in [2.05, 4.69) is 15.5 Å². The molecule has 6 nitrogen and oxygen atoms in total. The summed E-state index contributed by atoms with van der Waals surface area (Å²) in [4.78, 5) is 12.6. The van der Waals surface area contributed by atoms with Crippen LogP contribution in [0.4, 0.5) is 5.95 Å². The zero-order chi connectivity index (χ0) is 16.1. The van der Waals surface area contributed by atoms with Crippen LogP contribution in [0.25, 0.3) is 11.0 Å². The first kappa shape index (κ1) is 14.0. The maximum Gasteiger partial charge on any atom is 0.294 e. The molecule has 0 atom stereocenters. The van der Waals surface area contributed by atoms with Gasteiger partial charge in [0.25, 0.3) is 5.91 Å². The molecule has 3 aromatic rings. The number of rotatable bonds is 3.